The van der Waals surface area contributed by atoms with Gasteiger partial charge < -0.3 is 19.5 Å². The van der Waals surface area contributed by atoms with Crippen molar-refractivity contribution in [2.45, 2.75) is 0 Å². The molecule has 1 aromatic carbocycles. The molecule has 0 bridgehead atoms. The van der Waals surface area contributed by atoms with Crippen molar-refractivity contribution < 1.29 is 19.1 Å². The highest BCUT2D eigenvalue weighted by Gasteiger charge is 2.14. The average Bonchev–Trinajstić information content (AvgIpc) is 2.44. The van der Waals surface area contributed by atoms with Gasteiger partial charge >= 0.3 is 0 Å². The largest absolute Gasteiger partial charge is 0.493 e. The molecule has 1 aromatic rings. The molecule has 1 rings (SSSR count). The summed E-state index contributed by atoms with van der Waals surface area (Å²) in [5.41, 5.74) is 0.599. The van der Waals surface area contributed by atoms with Crippen molar-refractivity contribution in [2.75, 3.05) is 32.9 Å². The molecule has 0 fully saturated rings. The van der Waals surface area contributed by atoms with Gasteiger partial charge in [-0.05, 0) is 6.26 Å². The quantitative estimate of drug-likeness (QED) is 0.612. The van der Waals surface area contributed by atoms with Crippen molar-refractivity contribution in [3.8, 4) is 17.2 Å². The molecule has 8 heteroatoms. The first-order valence-electron chi connectivity index (χ1n) is 5.52. The second-order valence-electron chi connectivity index (χ2n) is 3.52. The highest BCUT2D eigenvalue weighted by atomic mass is 32.2. The summed E-state index contributed by atoms with van der Waals surface area (Å²) in [5.74, 6) is 1.40. The fraction of sp³-hybridized carbons (Fsp3) is 0.333. The zero-order valence-corrected chi connectivity index (χ0v) is 12.4. The summed E-state index contributed by atoms with van der Waals surface area (Å²) >= 11 is 1.23. The number of thioether (sulfide) groups is 1. The van der Waals surface area contributed by atoms with E-state index in [1.165, 1.54) is 33.1 Å². The van der Waals surface area contributed by atoms with Gasteiger partial charge in [-0.3, -0.25) is 10.1 Å². The van der Waals surface area contributed by atoms with Gasteiger partial charge in [-0.2, -0.15) is 0 Å². The van der Waals surface area contributed by atoms with Crippen LogP contribution in [-0.4, -0.2) is 32.5 Å². The Bertz CT molecular complexity index is 494. The minimum atomic E-state index is -0.517. The molecule has 0 aromatic heterocycles. The number of hydrogen-bond acceptors (Lipinski definition) is 7. The van der Waals surface area contributed by atoms with Crippen molar-refractivity contribution >= 4 is 17.4 Å². The third-order valence-electron chi connectivity index (χ3n) is 2.37. The summed E-state index contributed by atoms with van der Waals surface area (Å²) in [6, 6.07) is 3.34. The summed E-state index contributed by atoms with van der Waals surface area (Å²) in [6.45, 7) is 0. The Morgan fingerprint density at radius 3 is 2.15 bits per heavy atom. The summed E-state index contributed by atoms with van der Waals surface area (Å²) in [5, 5.41) is 13.8. The van der Waals surface area contributed by atoms with Gasteiger partial charge in [-0.1, -0.05) is 0 Å². The van der Waals surface area contributed by atoms with Crippen LogP contribution in [0.2, 0.25) is 0 Å². The molecule has 0 aliphatic heterocycles. The van der Waals surface area contributed by atoms with Crippen molar-refractivity contribution in [3.05, 3.63) is 33.5 Å². The maximum Gasteiger partial charge on any atom is 0.264 e. The second kappa shape index (κ2) is 7.49. The molecular formula is C12H16N2O5S. The maximum absolute atomic E-state index is 10.5. The molecule has 0 aliphatic rings. The number of nitrogens with one attached hydrogen (secondary N) is 1. The van der Waals surface area contributed by atoms with Crippen LogP contribution >= 0.6 is 11.8 Å². The molecule has 7 nitrogen and oxygen atoms in total. The Hall–Kier alpha value is -2.09. The van der Waals surface area contributed by atoms with E-state index < -0.39 is 4.92 Å². The first-order valence-corrected chi connectivity index (χ1v) is 6.74. The molecule has 0 radical (unpaired) electrons. The van der Waals surface area contributed by atoms with Gasteiger partial charge in [0.15, 0.2) is 11.5 Å². The van der Waals surface area contributed by atoms with Gasteiger partial charge in [0.2, 0.25) is 5.75 Å². The Morgan fingerprint density at radius 2 is 1.80 bits per heavy atom. The van der Waals surface area contributed by atoms with Crippen LogP contribution in [0.5, 0.6) is 17.2 Å². The Labute approximate surface area is 121 Å². The molecule has 0 unspecified atom stereocenters. The van der Waals surface area contributed by atoms with Crippen LogP contribution in [0.15, 0.2) is 23.4 Å². The number of hydrogen-bond donors (Lipinski definition) is 1. The van der Waals surface area contributed by atoms with E-state index in [9.17, 15) is 10.1 Å². The molecule has 0 aliphatic carbocycles. The lowest BCUT2D eigenvalue weighted by Gasteiger charge is -2.15. The minimum absolute atomic E-state index is 0.393. The molecule has 0 atom stereocenters. The van der Waals surface area contributed by atoms with Gasteiger partial charge in [-0.15, -0.1) is 11.8 Å². The lowest BCUT2D eigenvalue weighted by atomic mass is 10.2. The monoisotopic (exact) mass is 300 g/mol. The van der Waals surface area contributed by atoms with E-state index in [4.69, 9.17) is 14.2 Å². The predicted molar refractivity (Wildman–Crippen MR) is 78.3 cm³/mol. The molecule has 0 saturated heterocycles. The van der Waals surface area contributed by atoms with E-state index in [-0.39, 0.29) is 0 Å². The summed E-state index contributed by atoms with van der Waals surface area (Å²) in [7, 11) is 4.51. The number of nitrogens with zero attached hydrogens (tertiary/aromatic N) is 1. The number of rotatable bonds is 7. The number of benzene rings is 1. The number of anilines is 1. The molecular weight excluding hydrogens is 284 g/mol. The van der Waals surface area contributed by atoms with Gasteiger partial charge in [0, 0.05) is 17.8 Å². The van der Waals surface area contributed by atoms with Gasteiger partial charge in [-0.25, -0.2) is 0 Å². The molecule has 1 N–H and O–H groups in total. The van der Waals surface area contributed by atoms with Gasteiger partial charge in [0.05, 0.1) is 26.3 Å². The van der Waals surface area contributed by atoms with Crippen molar-refractivity contribution in [3.63, 3.8) is 0 Å². The van der Waals surface area contributed by atoms with Crippen LogP contribution in [-0.2, 0) is 0 Å². The number of methoxy groups -OCH3 is 3. The Balaban J connectivity index is 3.16. The molecule has 0 heterocycles. The van der Waals surface area contributed by atoms with Gasteiger partial charge in [0.1, 0.15) is 5.03 Å². The van der Waals surface area contributed by atoms with E-state index >= 15 is 0 Å². The van der Waals surface area contributed by atoms with E-state index in [0.29, 0.717) is 28.0 Å². The summed E-state index contributed by atoms with van der Waals surface area (Å²) < 4.78 is 15.6. The lowest BCUT2D eigenvalue weighted by Crippen LogP contribution is -2.01. The van der Waals surface area contributed by atoms with Crippen molar-refractivity contribution in [1.82, 2.24) is 0 Å². The van der Waals surface area contributed by atoms with E-state index in [0.717, 1.165) is 6.20 Å². The average molecular weight is 300 g/mol. The molecule has 0 spiro atoms. The SMILES string of the molecule is COc1cc(NC(=C[N+](=O)[O-])SC)cc(OC)c1OC. The minimum Gasteiger partial charge on any atom is -0.493 e. The van der Waals surface area contributed by atoms with Crippen LogP contribution in [0, 0.1) is 10.1 Å². The third kappa shape index (κ3) is 3.95. The van der Waals surface area contributed by atoms with E-state index in [1.807, 2.05) is 0 Å². The zero-order chi connectivity index (χ0) is 15.1. The highest BCUT2D eigenvalue weighted by Crippen LogP contribution is 2.40. The van der Waals surface area contributed by atoms with E-state index in [2.05, 4.69) is 5.32 Å². The maximum atomic E-state index is 10.5. The molecule has 0 amide bonds. The molecule has 0 saturated carbocycles. The molecule has 110 valence electrons. The third-order valence-corrected chi connectivity index (χ3v) is 3.02. The lowest BCUT2D eigenvalue weighted by molar-refractivity contribution is -0.402. The van der Waals surface area contributed by atoms with Crippen molar-refractivity contribution in [1.29, 1.82) is 0 Å². The Morgan fingerprint density at radius 1 is 1.25 bits per heavy atom. The fourth-order valence-corrected chi connectivity index (χ4v) is 1.94. The number of nitro groups is 1. The standard InChI is InChI=1S/C12H16N2O5S/c1-17-9-5-8(6-10(18-2)12(9)19-3)13-11(20-4)7-14(15)16/h5-7,13H,1-4H3. The van der Waals surface area contributed by atoms with Crippen LogP contribution in [0.3, 0.4) is 0 Å². The summed E-state index contributed by atoms with van der Waals surface area (Å²) in [6.07, 6.45) is 2.63. The molecule has 20 heavy (non-hydrogen) atoms. The second-order valence-corrected chi connectivity index (χ2v) is 4.37. The smallest absolute Gasteiger partial charge is 0.264 e. The van der Waals surface area contributed by atoms with Crippen molar-refractivity contribution in [2.24, 2.45) is 0 Å². The number of ether oxygens (including phenoxy) is 3. The van der Waals surface area contributed by atoms with Crippen LogP contribution < -0.4 is 19.5 Å². The summed E-state index contributed by atoms with van der Waals surface area (Å²) in [4.78, 5) is 9.99. The zero-order valence-electron chi connectivity index (χ0n) is 11.6. The first-order chi connectivity index (χ1) is 9.55. The highest BCUT2D eigenvalue weighted by molar-refractivity contribution is 8.02. The Kier molecular flexibility index (Phi) is 5.98. The van der Waals surface area contributed by atoms with Crippen LogP contribution in [0.4, 0.5) is 5.69 Å². The van der Waals surface area contributed by atoms with E-state index in [1.54, 1.807) is 18.4 Å². The fourth-order valence-electron chi connectivity index (χ4n) is 1.53. The predicted octanol–water partition coefficient (Wildman–Crippen LogP) is 2.56. The first kappa shape index (κ1) is 16.0. The topological polar surface area (TPSA) is 82.9 Å². The normalized spacial score (nSPS) is 10.9. The van der Waals surface area contributed by atoms with Crippen LogP contribution in [0.1, 0.15) is 0 Å². The van der Waals surface area contributed by atoms with Gasteiger partial charge in [0.25, 0.3) is 6.20 Å². The van der Waals surface area contributed by atoms with Crippen LogP contribution in [0.25, 0.3) is 0 Å².